The van der Waals surface area contributed by atoms with Crippen LogP contribution in [0.2, 0.25) is 0 Å². The van der Waals surface area contributed by atoms with Crippen molar-refractivity contribution in [1.82, 2.24) is 4.90 Å². The van der Waals surface area contributed by atoms with Crippen LogP contribution in [-0.2, 0) is 0 Å². The van der Waals surface area contributed by atoms with E-state index in [1.54, 1.807) is 0 Å². The molecular formula is C15H21BrF2N2. The largest absolute Gasteiger partial charge is 0.377 e. The maximum atomic E-state index is 13.8. The number of likely N-dealkylation sites (tertiary alicyclic amines) is 1. The van der Waals surface area contributed by atoms with Gasteiger partial charge in [-0.25, -0.2) is 8.78 Å². The van der Waals surface area contributed by atoms with E-state index >= 15 is 0 Å². The molecule has 0 aliphatic carbocycles. The molecule has 0 radical (unpaired) electrons. The fourth-order valence-corrected chi connectivity index (χ4v) is 3.06. The van der Waals surface area contributed by atoms with Crippen molar-refractivity contribution < 1.29 is 8.78 Å². The minimum Gasteiger partial charge on any atom is -0.377 e. The summed E-state index contributed by atoms with van der Waals surface area (Å²) >= 11 is 3.09. The lowest BCUT2D eigenvalue weighted by atomic mass is 10.0. The van der Waals surface area contributed by atoms with E-state index in [4.69, 9.17) is 0 Å². The second-order valence-electron chi connectivity index (χ2n) is 5.86. The van der Waals surface area contributed by atoms with Crippen molar-refractivity contribution in [3.63, 3.8) is 0 Å². The highest BCUT2D eigenvalue weighted by atomic mass is 79.9. The van der Waals surface area contributed by atoms with E-state index in [-0.39, 0.29) is 11.7 Å². The highest BCUT2D eigenvalue weighted by molar-refractivity contribution is 9.10. The van der Waals surface area contributed by atoms with E-state index in [0.717, 1.165) is 32.5 Å². The molecule has 0 amide bonds. The smallest absolute Gasteiger partial charge is 0.150 e. The molecule has 0 aromatic heterocycles. The molecular weight excluding hydrogens is 326 g/mol. The minimum atomic E-state index is -0.540. The summed E-state index contributed by atoms with van der Waals surface area (Å²) in [4.78, 5) is 2.41. The van der Waals surface area contributed by atoms with Gasteiger partial charge in [0.25, 0.3) is 0 Å². The normalized spacial score (nSPS) is 17.7. The average Bonchev–Trinajstić information content (AvgIpc) is 2.35. The summed E-state index contributed by atoms with van der Waals surface area (Å²) in [5.74, 6) is -0.427. The van der Waals surface area contributed by atoms with Crippen LogP contribution in [0.5, 0.6) is 0 Å². The van der Waals surface area contributed by atoms with Crippen LogP contribution in [0.25, 0.3) is 0 Å². The van der Waals surface area contributed by atoms with E-state index in [1.165, 1.54) is 12.1 Å². The molecule has 5 heteroatoms. The number of hydrogen-bond donors (Lipinski definition) is 1. The molecule has 1 N–H and O–H groups in total. The average molecular weight is 347 g/mol. The monoisotopic (exact) mass is 346 g/mol. The van der Waals surface area contributed by atoms with Gasteiger partial charge in [-0.05, 0) is 30.9 Å². The third-order valence-corrected chi connectivity index (χ3v) is 4.02. The zero-order valence-corrected chi connectivity index (χ0v) is 13.5. The second kappa shape index (κ2) is 6.85. The third-order valence-electron chi connectivity index (χ3n) is 3.57. The summed E-state index contributed by atoms with van der Waals surface area (Å²) in [5.41, 5.74) is -0.00416. The SMILES string of the molecule is CC(C)CN1CCC(Nc2c(F)cc(Br)cc2F)CC1. The first-order chi connectivity index (χ1) is 9.45. The molecule has 0 unspecified atom stereocenters. The van der Waals surface area contributed by atoms with Crippen molar-refractivity contribution in [2.45, 2.75) is 32.7 Å². The molecule has 0 atom stereocenters. The molecule has 2 rings (SSSR count). The summed E-state index contributed by atoms with van der Waals surface area (Å²) in [6, 6.07) is 2.72. The lowest BCUT2D eigenvalue weighted by Crippen LogP contribution is -2.40. The van der Waals surface area contributed by atoms with Gasteiger partial charge >= 0.3 is 0 Å². The minimum absolute atomic E-state index is 0.00416. The van der Waals surface area contributed by atoms with Gasteiger partial charge in [-0.2, -0.15) is 0 Å². The Morgan fingerprint density at radius 1 is 1.25 bits per heavy atom. The number of rotatable bonds is 4. The van der Waals surface area contributed by atoms with Crippen LogP contribution in [0.1, 0.15) is 26.7 Å². The molecule has 2 nitrogen and oxygen atoms in total. The third kappa shape index (κ3) is 4.16. The molecule has 1 aliphatic rings. The van der Waals surface area contributed by atoms with Gasteiger partial charge in [0, 0.05) is 30.1 Å². The van der Waals surface area contributed by atoms with Gasteiger partial charge in [0.15, 0.2) is 0 Å². The first-order valence-corrected chi connectivity index (χ1v) is 7.88. The second-order valence-corrected chi connectivity index (χ2v) is 6.77. The Hall–Kier alpha value is -0.680. The van der Waals surface area contributed by atoms with Gasteiger partial charge in [0.05, 0.1) is 0 Å². The van der Waals surface area contributed by atoms with Crippen molar-refractivity contribution in [3.8, 4) is 0 Å². The molecule has 0 bridgehead atoms. The predicted molar refractivity (Wildman–Crippen MR) is 82.0 cm³/mol. The summed E-state index contributed by atoms with van der Waals surface area (Å²) in [6.07, 6.45) is 1.84. The van der Waals surface area contributed by atoms with Gasteiger partial charge in [-0.3, -0.25) is 0 Å². The number of anilines is 1. The molecule has 0 saturated carbocycles. The van der Waals surface area contributed by atoms with Crippen LogP contribution in [0.15, 0.2) is 16.6 Å². The van der Waals surface area contributed by atoms with E-state index < -0.39 is 11.6 Å². The van der Waals surface area contributed by atoms with Gasteiger partial charge in [-0.1, -0.05) is 29.8 Å². The standard InChI is InChI=1S/C15H21BrF2N2/c1-10(2)9-20-5-3-12(4-6-20)19-15-13(17)7-11(16)8-14(15)18/h7-8,10,12,19H,3-6,9H2,1-2H3. The van der Waals surface area contributed by atoms with Gasteiger partial charge in [-0.15, -0.1) is 0 Å². The van der Waals surface area contributed by atoms with E-state index in [2.05, 4.69) is 40.0 Å². The van der Waals surface area contributed by atoms with E-state index in [1.807, 2.05) is 0 Å². The molecule has 1 fully saturated rings. The van der Waals surface area contributed by atoms with Crippen molar-refractivity contribution in [1.29, 1.82) is 0 Å². The van der Waals surface area contributed by atoms with Crippen LogP contribution in [0, 0.1) is 17.6 Å². The van der Waals surface area contributed by atoms with E-state index in [9.17, 15) is 8.78 Å². The Morgan fingerprint density at radius 2 is 1.80 bits per heavy atom. The first-order valence-electron chi connectivity index (χ1n) is 7.09. The van der Waals surface area contributed by atoms with Crippen molar-refractivity contribution in [3.05, 3.63) is 28.2 Å². The van der Waals surface area contributed by atoms with Crippen LogP contribution in [-0.4, -0.2) is 30.6 Å². The molecule has 1 aromatic rings. The molecule has 1 saturated heterocycles. The Labute approximate surface area is 127 Å². The number of halogens is 3. The zero-order valence-electron chi connectivity index (χ0n) is 11.9. The van der Waals surface area contributed by atoms with Crippen LogP contribution in [0.4, 0.5) is 14.5 Å². The summed E-state index contributed by atoms with van der Waals surface area (Å²) in [6.45, 7) is 7.47. The topological polar surface area (TPSA) is 15.3 Å². The maximum absolute atomic E-state index is 13.8. The Kier molecular flexibility index (Phi) is 5.38. The fraction of sp³-hybridized carbons (Fsp3) is 0.600. The van der Waals surface area contributed by atoms with Crippen LogP contribution >= 0.6 is 15.9 Å². The predicted octanol–water partition coefficient (Wildman–Crippen LogP) is 4.26. The molecule has 20 heavy (non-hydrogen) atoms. The highest BCUT2D eigenvalue weighted by Gasteiger charge is 2.21. The van der Waals surface area contributed by atoms with Crippen molar-refractivity contribution in [2.24, 2.45) is 5.92 Å². The Bertz CT molecular complexity index is 434. The molecule has 112 valence electrons. The maximum Gasteiger partial charge on any atom is 0.150 e. The van der Waals surface area contributed by atoms with Gasteiger partial charge in [0.2, 0.25) is 0 Å². The van der Waals surface area contributed by atoms with E-state index in [0.29, 0.717) is 10.4 Å². The zero-order chi connectivity index (χ0) is 14.7. The fourth-order valence-electron chi connectivity index (χ4n) is 2.66. The van der Waals surface area contributed by atoms with Crippen molar-refractivity contribution in [2.75, 3.05) is 25.0 Å². The molecule has 1 heterocycles. The first kappa shape index (κ1) is 15.7. The number of nitrogens with one attached hydrogen (secondary N) is 1. The Morgan fingerprint density at radius 3 is 2.30 bits per heavy atom. The summed E-state index contributed by atoms with van der Waals surface area (Å²) in [7, 11) is 0. The quantitative estimate of drug-likeness (QED) is 0.876. The highest BCUT2D eigenvalue weighted by Crippen LogP contribution is 2.26. The number of nitrogens with zero attached hydrogens (tertiary/aromatic N) is 1. The number of piperidine rings is 1. The lowest BCUT2D eigenvalue weighted by Gasteiger charge is -2.33. The number of hydrogen-bond acceptors (Lipinski definition) is 2. The van der Waals surface area contributed by atoms with Gasteiger partial charge in [0.1, 0.15) is 17.3 Å². The van der Waals surface area contributed by atoms with Gasteiger partial charge < -0.3 is 10.2 Å². The Balaban J connectivity index is 1.93. The summed E-state index contributed by atoms with van der Waals surface area (Å²) in [5, 5.41) is 3.02. The summed E-state index contributed by atoms with van der Waals surface area (Å²) < 4.78 is 28.0. The van der Waals surface area contributed by atoms with Crippen molar-refractivity contribution >= 4 is 21.6 Å². The van der Waals surface area contributed by atoms with Crippen LogP contribution in [0.3, 0.4) is 0 Å². The van der Waals surface area contributed by atoms with Crippen LogP contribution < -0.4 is 5.32 Å². The number of benzene rings is 1. The molecule has 0 spiro atoms. The lowest BCUT2D eigenvalue weighted by molar-refractivity contribution is 0.197. The molecule has 1 aliphatic heterocycles. The molecule has 1 aromatic carbocycles.